The number of aryl methyl sites for hydroxylation is 2. The molecule has 0 fully saturated rings. The summed E-state index contributed by atoms with van der Waals surface area (Å²) in [4.78, 5) is 24.3. The minimum atomic E-state index is -0.921. The first-order chi connectivity index (χ1) is 10.4. The number of aromatic hydroxyl groups is 1. The molecule has 4 nitrogen and oxygen atoms in total. The molecule has 1 atom stereocenters. The first kappa shape index (κ1) is 15.8. The Balaban J connectivity index is 2.12. The molecular formula is C18H18O4. The van der Waals surface area contributed by atoms with E-state index in [4.69, 9.17) is 4.74 Å². The number of rotatable bonds is 4. The van der Waals surface area contributed by atoms with Crippen LogP contribution < -0.4 is 0 Å². The van der Waals surface area contributed by atoms with Crippen molar-refractivity contribution in [1.29, 1.82) is 0 Å². The van der Waals surface area contributed by atoms with Crippen LogP contribution in [0.2, 0.25) is 0 Å². The number of esters is 1. The van der Waals surface area contributed by atoms with Crippen molar-refractivity contribution in [1.82, 2.24) is 0 Å². The average Bonchev–Trinajstić information content (AvgIpc) is 2.49. The predicted molar refractivity (Wildman–Crippen MR) is 83.2 cm³/mol. The van der Waals surface area contributed by atoms with E-state index in [1.54, 1.807) is 25.1 Å². The molecule has 0 radical (unpaired) electrons. The lowest BCUT2D eigenvalue weighted by molar-refractivity contribution is 0.0316. The number of carbonyl (C=O) groups excluding carboxylic acids is 2. The van der Waals surface area contributed by atoms with E-state index in [0.717, 1.165) is 11.1 Å². The van der Waals surface area contributed by atoms with Crippen LogP contribution in [0.25, 0.3) is 0 Å². The minimum absolute atomic E-state index is 0.0588. The molecular weight excluding hydrogens is 280 g/mol. The molecule has 0 amide bonds. The fraction of sp³-hybridized carbons (Fsp3) is 0.222. The summed E-state index contributed by atoms with van der Waals surface area (Å²) in [7, 11) is 0. The van der Waals surface area contributed by atoms with E-state index in [1.165, 1.54) is 19.1 Å². The van der Waals surface area contributed by atoms with Crippen LogP contribution in [0.4, 0.5) is 0 Å². The number of ketones is 1. The third-order valence-electron chi connectivity index (χ3n) is 3.36. The van der Waals surface area contributed by atoms with Gasteiger partial charge in [0, 0.05) is 5.56 Å². The average molecular weight is 298 g/mol. The minimum Gasteiger partial charge on any atom is -0.507 e. The van der Waals surface area contributed by atoms with Gasteiger partial charge in [-0.15, -0.1) is 0 Å². The highest BCUT2D eigenvalue weighted by Crippen LogP contribution is 2.20. The van der Waals surface area contributed by atoms with E-state index >= 15 is 0 Å². The Morgan fingerprint density at radius 2 is 1.59 bits per heavy atom. The van der Waals surface area contributed by atoms with E-state index < -0.39 is 12.1 Å². The highest BCUT2D eigenvalue weighted by atomic mass is 16.5. The summed E-state index contributed by atoms with van der Waals surface area (Å²) >= 11 is 0. The molecule has 0 aliphatic heterocycles. The molecule has 2 aromatic carbocycles. The van der Waals surface area contributed by atoms with Crippen LogP contribution in [-0.2, 0) is 4.74 Å². The molecule has 0 spiro atoms. The van der Waals surface area contributed by atoms with Crippen LogP contribution in [0, 0.1) is 13.8 Å². The Morgan fingerprint density at radius 3 is 2.23 bits per heavy atom. The van der Waals surface area contributed by atoms with Gasteiger partial charge in [-0.2, -0.15) is 0 Å². The number of carbonyl (C=O) groups is 2. The molecule has 0 aliphatic carbocycles. The van der Waals surface area contributed by atoms with E-state index in [0.29, 0.717) is 5.56 Å². The van der Waals surface area contributed by atoms with E-state index in [2.05, 4.69) is 0 Å². The third kappa shape index (κ3) is 3.52. The lowest BCUT2D eigenvalue weighted by Gasteiger charge is -2.13. The van der Waals surface area contributed by atoms with Gasteiger partial charge in [0.2, 0.25) is 5.78 Å². The van der Waals surface area contributed by atoms with Crippen LogP contribution in [0.5, 0.6) is 5.75 Å². The molecule has 0 aromatic heterocycles. The molecule has 0 saturated carbocycles. The van der Waals surface area contributed by atoms with Crippen molar-refractivity contribution in [2.75, 3.05) is 0 Å². The first-order valence-corrected chi connectivity index (χ1v) is 7.00. The van der Waals surface area contributed by atoms with Crippen LogP contribution in [0.1, 0.15) is 38.8 Å². The van der Waals surface area contributed by atoms with Gasteiger partial charge in [-0.25, -0.2) is 4.79 Å². The monoisotopic (exact) mass is 298 g/mol. The zero-order valence-corrected chi connectivity index (χ0v) is 12.8. The largest absolute Gasteiger partial charge is 0.507 e. The van der Waals surface area contributed by atoms with Gasteiger partial charge in [0.05, 0.1) is 0 Å². The highest BCUT2D eigenvalue weighted by Gasteiger charge is 2.22. The SMILES string of the molecule is Cc1ccc(C(=O)[C@H](C)OC(=O)c2cc(C)ccc2O)cc1. The highest BCUT2D eigenvalue weighted by molar-refractivity contribution is 6.01. The Bertz CT molecular complexity index is 702. The number of ether oxygens (including phenoxy) is 1. The molecule has 114 valence electrons. The summed E-state index contributed by atoms with van der Waals surface area (Å²) in [6.07, 6.45) is -0.921. The van der Waals surface area contributed by atoms with Crippen molar-refractivity contribution in [2.45, 2.75) is 26.9 Å². The summed E-state index contributed by atoms with van der Waals surface area (Å²) in [6, 6.07) is 11.7. The van der Waals surface area contributed by atoms with Crippen molar-refractivity contribution < 1.29 is 19.4 Å². The predicted octanol–water partition coefficient (Wildman–Crippen LogP) is 3.44. The summed E-state index contributed by atoms with van der Waals surface area (Å²) in [6.45, 7) is 5.25. The fourth-order valence-electron chi connectivity index (χ4n) is 2.04. The van der Waals surface area contributed by atoms with Crippen molar-refractivity contribution in [2.24, 2.45) is 0 Å². The molecule has 1 N–H and O–H groups in total. The van der Waals surface area contributed by atoms with Gasteiger partial charge in [0.25, 0.3) is 0 Å². The van der Waals surface area contributed by atoms with Gasteiger partial charge >= 0.3 is 5.97 Å². The standard InChI is InChI=1S/C18H18O4/c1-11-4-7-14(8-5-11)17(20)13(3)22-18(21)15-10-12(2)6-9-16(15)19/h4-10,13,19H,1-3H3/t13-/m0/s1. The van der Waals surface area contributed by atoms with Crippen LogP contribution in [-0.4, -0.2) is 23.0 Å². The summed E-state index contributed by atoms with van der Waals surface area (Å²) < 4.78 is 5.17. The molecule has 0 unspecified atom stereocenters. The molecule has 4 heteroatoms. The van der Waals surface area contributed by atoms with Crippen LogP contribution >= 0.6 is 0 Å². The lowest BCUT2D eigenvalue weighted by Crippen LogP contribution is -2.24. The number of hydrogen-bond donors (Lipinski definition) is 1. The number of hydrogen-bond acceptors (Lipinski definition) is 4. The summed E-state index contributed by atoms with van der Waals surface area (Å²) in [5, 5.41) is 9.72. The van der Waals surface area contributed by atoms with Crippen molar-refractivity contribution in [3.63, 3.8) is 0 Å². The zero-order valence-electron chi connectivity index (χ0n) is 12.8. The van der Waals surface area contributed by atoms with Gasteiger partial charge in [-0.3, -0.25) is 4.79 Å². The van der Waals surface area contributed by atoms with Crippen molar-refractivity contribution >= 4 is 11.8 Å². The topological polar surface area (TPSA) is 63.6 Å². The Kier molecular flexibility index (Phi) is 4.61. The lowest BCUT2D eigenvalue weighted by atomic mass is 10.1. The van der Waals surface area contributed by atoms with E-state index in [9.17, 15) is 14.7 Å². The summed E-state index contributed by atoms with van der Waals surface area (Å²) in [5.41, 5.74) is 2.41. The molecule has 0 heterocycles. The first-order valence-electron chi connectivity index (χ1n) is 7.00. The molecule has 2 rings (SSSR count). The van der Waals surface area contributed by atoms with Gasteiger partial charge < -0.3 is 9.84 Å². The number of phenols is 1. The maximum atomic E-state index is 12.2. The van der Waals surface area contributed by atoms with Crippen LogP contribution in [0.15, 0.2) is 42.5 Å². The Labute approximate surface area is 129 Å². The smallest absolute Gasteiger partial charge is 0.342 e. The second-order valence-corrected chi connectivity index (χ2v) is 5.30. The third-order valence-corrected chi connectivity index (χ3v) is 3.36. The second-order valence-electron chi connectivity index (χ2n) is 5.30. The number of Topliss-reactive ketones (excluding diaryl/α,β-unsaturated/α-hetero) is 1. The van der Waals surface area contributed by atoms with Crippen molar-refractivity contribution in [3.05, 3.63) is 64.7 Å². The van der Waals surface area contributed by atoms with Crippen LogP contribution in [0.3, 0.4) is 0 Å². The molecule has 0 bridgehead atoms. The normalized spacial score (nSPS) is 11.8. The molecule has 2 aromatic rings. The quantitative estimate of drug-likeness (QED) is 0.693. The molecule has 0 aliphatic rings. The second kappa shape index (κ2) is 6.43. The van der Waals surface area contributed by atoms with Gasteiger partial charge in [0.1, 0.15) is 11.3 Å². The van der Waals surface area contributed by atoms with Gasteiger partial charge in [-0.1, -0.05) is 41.5 Å². The molecule has 22 heavy (non-hydrogen) atoms. The maximum Gasteiger partial charge on any atom is 0.342 e. The zero-order chi connectivity index (χ0) is 16.3. The molecule has 0 saturated heterocycles. The number of phenolic OH excluding ortho intramolecular Hbond substituents is 1. The van der Waals surface area contributed by atoms with Gasteiger partial charge in [0.15, 0.2) is 6.10 Å². The number of benzene rings is 2. The van der Waals surface area contributed by atoms with Crippen molar-refractivity contribution in [3.8, 4) is 5.75 Å². The maximum absolute atomic E-state index is 12.2. The van der Waals surface area contributed by atoms with E-state index in [-0.39, 0.29) is 17.1 Å². The van der Waals surface area contributed by atoms with E-state index in [1.807, 2.05) is 19.1 Å². The van der Waals surface area contributed by atoms with Gasteiger partial charge in [-0.05, 0) is 32.9 Å². The summed E-state index contributed by atoms with van der Waals surface area (Å²) in [5.74, 6) is -1.15. The fourth-order valence-corrected chi connectivity index (χ4v) is 2.04. The Morgan fingerprint density at radius 1 is 1.00 bits per heavy atom. The Hall–Kier alpha value is -2.62.